The van der Waals surface area contributed by atoms with E-state index in [2.05, 4.69) is 6.07 Å². The molecule has 1 saturated heterocycles. The van der Waals surface area contributed by atoms with Crippen LogP contribution >= 0.6 is 0 Å². The Bertz CT molecular complexity index is 676. The summed E-state index contributed by atoms with van der Waals surface area (Å²) in [4.78, 5) is 13.9. The highest BCUT2D eigenvalue weighted by molar-refractivity contribution is 5.69. The molecule has 5 heteroatoms. The topological polar surface area (TPSA) is 53.3 Å². The molecule has 2 aliphatic rings. The normalized spacial score (nSPS) is 29.4. The molecule has 0 spiro atoms. The maximum absolute atomic E-state index is 14.2. The zero-order valence-electron chi connectivity index (χ0n) is 13.7. The van der Waals surface area contributed by atoms with E-state index in [-0.39, 0.29) is 23.7 Å². The lowest BCUT2D eigenvalue weighted by Crippen LogP contribution is -2.40. The van der Waals surface area contributed by atoms with Crippen molar-refractivity contribution in [2.24, 2.45) is 11.8 Å². The van der Waals surface area contributed by atoms with Crippen molar-refractivity contribution in [1.29, 1.82) is 5.26 Å². The summed E-state index contributed by atoms with van der Waals surface area (Å²) in [6.07, 6.45) is 0.342. The highest BCUT2D eigenvalue weighted by Gasteiger charge is 2.68. The molecule has 1 aromatic rings. The third-order valence-corrected chi connectivity index (χ3v) is 4.83. The molecular formula is C18H21FN2O2. The Labute approximate surface area is 135 Å². The standard InChI is InChI=1S/C18H21FN2O2/c1-17(2,3)23-16(22)21-9-8-12-14(10-21)18(12,11-20)13-6-4-5-7-15(13)19/h4-7,12,14H,8-10H2,1-3H3. The monoisotopic (exact) mass is 316 g/mol. The van der Waals surface area contributed by atoms with Gasteiger partial charge in [0, 0.05) is 24.6 Å². The van der Waals surface area contributed by atoms with E-state index in [0.29, 0.717) is 25.1 Å². The minimum atomic E-state index is -0.803. The number of hydrogen-bond donors (Lipinski definition) is 0. The van der Waals surface area contributed by atoms with Gasteiger partial charge in [-0.3, -0.25) is 0 Å². The average Bonchev–Trinajstić information content (AvgIpc) is 3.14. The van der Waals surface area contributed by atoms with E-state index in [9.17, 15) is 14.4 Å². The molecule has 2 fully saturated rings. The van der Waals surface area contributed by atoms with Crippen molar-refractivity contribution in [2.45, 2.75) is 38.2 Å². The lowest BCUT2D eigenvalue weighted by atomic mass is 9.92. The summed E-state index contributed by atoms with van der Waals surface area (Å²) in [6.45, 7) is 6.48. The van der Waals surface area contributed by atoms with Crippen LogP contribution in [0, 0.1) is 29.0 Å². The van der Waals surface area contributed by atoms with Gasteiger partial charge in [0.15, 0.2) is 0 Å². The first-order valence-corrected chi connectivity index (χ1v) is 7.94. The fourth-order valence-electron chi connectivity index (χ4n) is 3.78. The largest absolute Gasteiger partial charge is 0.444 e. The number of carbonyl (C=O) groups is 1. The van der Waals surface area contributed by atoms with Crippen LogP contribution in [0.3, 0.4) is 0 Å². The fraction of sp³-hybridized carbons (Fsp3) is 0.556. The Hall–Kier alpha value is -2.09. The number of ether oxygens (including phenoxy) is 1. The minimum Gasteiger partial charge on any atom is -0.444 e. The van der Waals surface area contributed by atoms with Crippen LogP contribution in [0.2, 0.25) is 0 Å². The average molecular weight is 316 g/mol. The molecule has 1 aliphatic heterocycles. The SMILES string of the molecule is CC(C)(C)OC(=O)N1CCC2C(C1)C2(C#N)c1ccccc1F. The molecule has 4 nitrogen and oxygen atoms in total. The molecular weight excluding hydrogens is 295 g/mol. The number of amides is 1. The Kier molecular flexibility index (Phi) is 3.59. The summed E-state index contributed by atoms with van der Waals surface area (Å²) < 4.78 is 19.6. The molecule has 3 unspecified atom stereocenters. The predicted molar refractivity (Wildman–Crippen MR) is 83.1 cm³/mol. The van der Waals surface area contributed by atoms with E-state index in [1.54, 1.807) is 23.1 Å². The summed E-state index contributed by atoms with van der Waals surface area (Å²) in [5.41, 5.74) is -0.888. The van der Waals surface area contributed by atoms with E-state index in [1.165, 1.54) is 6.07 Å². The Morgan fingerprint density at radius 3 is 2.70 bits per heavy atom. The van der Waals surface area contributed by atoms with E-state index in [0.717, 1.165) is 0 Å². The molecule has 1 aromatic carbocycles. The predicted octanol–water partition coefficient (Wildman–Crippen LogP) is 3.47. The lowest BCUT2D eigenvalue weighted by molar-refractivity contribution is 0.0207. The number of piperidine rings is 1. The summed E-state index contributed by atoms with van der Waals surface area (Å²) >= 11 is 0. The summed E-state index contributed by atoms with van der Waals surface area (Å²) in [6, 6.07) is 8.81. The number of nitriles is 1. The summed E-state index contributed by atoms with van der Waals surface area (Å²) in [5.74, 6) is -0.249. The quantitative estimate of drug-likeness (QED) is 0.797. The number of carbonyl (C=O) groups excluding carboxylic acids is 1. The van der Waals surface area contributed by atoms with E-state index in [4.69, 9.17) is 4.74 Å². The summed E-state index contributed by atoms with van der Waals surface area (Å²) in [7, 11) is 0. The van der Waals surface area contributed by atoms with Crippen molar-refractivity contribution in [3.05, 3.63) is 35.6 Å². The molecule has 0 aromatic heterocycles. The van der Waals surface area contributed by atoms with Crippen molar-refractivity contribution in [3.8, 4) is 6.07 Å². The molecule has 3 rings (SSSR count). The van der Waals surface area contributed by atoms with Gasteiger partial charge in [-0.15, -0.1) is 0 Å². The van der Waals surface area contributed by atoms with Gasteiger partial charge < -0.3 is 9.64 Å². The first-order valence-electron chi connectivity index (χ1n) is 7.94. The number of nitrogens with zero attached hydrogens (tertiary/aromatic N) is 2. The zero-order chi connectivity index (χ0) is 16.8. The van der Waals surface area contributed by atoms with Crippen molar-refractivity contribution in [2.75, 3.05) is 13.1 Å². The van der Waals surface area contributed by atoms with Crippen molar-refractivity contribution in [3.63, 3.8) is 0 Å². The molecule has 1 aliphatic carbocycles. The lowest BCUT2D eigenvalue weighted by Gasteiger charge is -2.29. The van der Waals surface area contributed by atoms with E-state index >= 15 is 0 Å². The molecule has 0 N–H and O–H groups in total. The van der Waals surface area contributed by atoms with Crippen molar-refractivity contribution in [1.82, 2.24) is 4.90 Å². The van der Waals surface area contributed by atoms with Gasteiger partial charge in [0.05, 0.1) is 11.5 Å². The maximum atomic E-state index is 14.2. The van der Waals surface area contributed by atoms with Gasteiger partial charge in [0.1, 0.15) is 11.4 Å². The molecule has 0 bridgehead atoms. The smallest absolute Gasteiger partial charge is 0.410 e. The fourth-order valence-corrected chi connectivity index (χ4v) is 3.78. The first kappa shape index (κ1) is 15.8. The summed E-state index contributed by atoms with van der Waals surface area (Å²) in [5, 5.41) is 9.73. The third-order valence-electron chi connectivity index (χ3n) is 4.83. The molecule has 0 radical (unpaired) electrons. The molecule has 1 saturated carbocycles. The highest BCUT2D eigenvalue weighted by atomic mass is 19.1. The molecule has 1 amide bonds. The van der Waals surface area contributed by atoms with Gasteiger partial charge in [-0.1, -0.05) is 18.2 Å². The maximum Gasteiger partial charge on any atom is 0.410 e. The van der Waals surface area contributed by atoms with Gasteiger partial charge in [0.25, 0.3) is 0 Å². The van der Waals surface area contributed by atoms with Crippen LogP contribution in [-0.4, -0.2) is 29.7 Å². The van der Waals surface area contributed by atoms with Crippen LogP contribution in [0.15, 0.2) is 24.3 Å². The Morgan fingerprint density at radius 2 is 2.09 bits per heavy atom. The van der Waals surface area contributed by atoms with Gasteiger partial charge in [-0.05, 0) is 39.2 Å². The van der Waals surface area contributed by atoms with Gasteiger partial charge in [0.2, 0.25) is 0 Å². The third kappa shape index (κ3) is 2.56. The Balaban J connectivity index is 1.80. The van der Waals surface area contributed by atoms with Crippen LogP contribution in [0.1, 0.15) is 32.8 Å². The van der Waals surface area contributed by atoms with Crippen LogP contribution < -0.4 is 0 Å². The van der Waals surface area contributed by atoms with E-state index < -0.39 is 11.0 Å². The second-order valence-corrected chi connectivity index (χ2v) is 7.39. The second-order valence-electron chi connectivity index (χ2n) is 7.39. The molecule has 1 heterocycles. The highest BCUT2D eigenvalue weighted by Crippen LogP contribution is 2.63. The first-order chi connectivity index (χ1) is 10.8. The molecule has 3 atom stereocenters. The number of fused-ring (bicyclic) bond motifs is 1. The van der Waals surface area contributed by atoms with Crippen molar-refractivity contribution >= 4 is 6.09 Å². The molecule has 122 valence electrons. The number of hydrogen-bond acceptors (Lipinski definition) is 3. The van der Waals surface area contributed by atoms with Gasteiger partial charge in [-0.2, -0.15) is 5.26 Å². The van der Waals surface area contributed by atoms with Gasteiger partial charge >= 0.3 is 6.09 Å². The minimum absolute atomic E-state index is 0.0225. The van der Waals surface area contributed by atoms with E-state index in [1.807, 2.05) is 20.8 Å². The number of likely N-dealkylation sites (tertiary alicyclic amines) is 1. The Morgan fingerprint density at radius 1 is 1.39 bits per heavy atom. The van der Waals surface area contributed by atoms with Gasteiger partial charge in [-0.25, -0.2) is 9.18 Å². The van der Waals surface area contributed by atoms with Crippen LogP contribution in [-0.2, 0) is 10.2 Å². The number of rotatable bonds is 1. The number of benzene rings is 1. The zero-order valence-corrected chi connectivity index (χ0v) is 13.7. The van der Waals surface area contributed by atoms with Crippen molar-refractivity contribution < 1.29 is 13.9 Å². The number of halogens is 1. The van der Waals surface area contributed by atoms with Crippen LogP contribution in [0.25, 0.3) is 0 Å². The van der Waals surface area contributed by atoms with Crippen LogP contribution in [0.4, 0.5) is 9.18 Å². The van der Waals surface area contributed by atoms with Crippen LogP contribution in [0.5, 0.6) is 0 Å². The second kappa shape index (κ2) is 5.23. The molecule has 23 heavy (non-hydrogen) atoms.